The average molecular weight is 920 g/mol. The molecule has 65 heavy (non-hydrogen) atoms. The maximum atomic E-state index is 12.3. The summed E-state index contributed by atoms with van der Waals surface area (Å²) in [5.41, 5.74) is -8.29. The number of rotatable bonds is 8. The molecular formula is C40H16FeN8O16-2. The molecule has 0 saturated heterocycles. The topological polar surface area (TPSA) is 404 Å². The minimum absolute atomic E-state index is 0. The second-order valence-corrected chi connectivity index (χ2v) is 13.7. The molecule has 4 aromatic carbocycles. The van der Waals surface area contributed by atoms with Gasteiger partial charge in [-0.05, 0) is 70.1 Å². The van der Waals surface area contributed by atoms with Crippen LogP contribution in [0.1, 0.15) is 82.9 Å². The van der Waals surface area contributed by atoms with Crippen LogP contribution in [0.5, 0.6) is 0 Å². The van der Waals surface area contributed by atoms with E-state index in [0.29, 0.717) is 0 Å². The number of hydrogen-bond donors (Lipinski definition) is 8. The molecule has 2 aliphatic rings. The van der Waals surface area contributed by atoms with Gasteiger partial charge in [0.2, 0.25) is 0 Å². The number of carbonyl (C=O) groups is 8. The molecule has 3 aromatic heterocycles. The van der Waals surface area contributed by atoms with Crippen molar-refractivity contribution < 1.29 is 96.3 Å². The predicted molar refractivity (Wildman–Crippen MR) is 210 cm³/mol. The Labute approximate surface area is 365 Å². The van der Waals surface area contributed by atoms with Crippen molar-refractivity contribution in [2.24, 2.45) is 0 Å². The molecule has 2 aliphatic heterocycles. The van der Waals surface area contributed by atoms with Crippen molar-refractivity contribution in [2.75, 3.05) is 0 Å². The number of benzene rings is 4. The number of aromatic nitrogens is 8. The molecule has 0 amide bonds. The Bertz CT molecular complexity index is 3210. The van der Waals surface area contributed by atoms with Crippen molar-refractivity contribution in [3.05, 3.63) is 93.0 Å². The van der Waals surface area contributed by atoms with Crippen LogP contribution >= 0.6 is 0 Å². The van der Waals surface area contributed by atoms with Crippen LogP contribution < -0.4 is 9.97 Å². The fraction of sp³-hybridized carbons (Fsp3) is 0. The van der Waals surface area contributed by atoms with Gasteiger partial charge in [-0.3, -0.25) is 0 Å². The van der Waals surface area contributed by atoms with Crippen LogP contribution in [-0.2, 0) is 17.1 Å². The molecular weight excluding hydrogens is 904 g/mol. The van der Waals surface area contributed by atoms with E-state index in [2.05, 4.69) is 39.9 Å². The van der Waals surface area contributed by atoms with Crippen molar-refractivity contribution in [2.45, 2.75) is 0 Å². The van der Waals surface area contributed by atoms with Crippen LogP contribution in [0, 0.1) is 0 Å². The van der Waals surface area contributed by atoms with E-state index in [1.807, 2.05) is 0 Å². The maximum Gasteiger partial charge on any atom is 0.336 e. The molecule has 0 aliphatic carbocycles. The van der Waals surface area contributed by atoms with E-state index in [0.717, 1.165) is 48.5 Å². The van der Waals surface area contributed by atoms with Gasteiger partial charge in [0.25, 0.3) is 0 Å². The van der Waals surface area contributed by atoms with Crippen molar-refractivity contribution >= 4 is 91.9 Å². The second kappa shape index (κ2) is 14.9. The minimum atomic E-state index is -1.69. The summed E-state index contributed by atoms with van der Waals surface area (Å²) in [6, 6.07) is 7.28. The summed E-state index contributed by atoms with van der Waals surface area (Å²) in [4.78, 5) is 134. The number of carboxylic acids is 8. The number of aromatic carboxylic acids is 8. The van der Waals surface area contributed by atoms with E-state index in [1.165, 1.54) is 0 Å². The van der Waals surface area contributed by atoms with Gasteiger partial charge in [0.05, 0.1) is 67.8 Å². The Morgan fingerprint density at radius 1 is 0.292 bits per heavy atom. The van der Waals surface area contributed by atoms with E-state index < -0.39 is 138 Å². The molecule has 0 spiro atoms. The Kier molecular flexibility index (Phi) is 9.65. The minimum Gasteiger partial charge on any atom is -0.478 e. The fourth-order valence-electron chi connectivity index (χ4n) is 7.26. The Morgan fingerprint density at radius 2 is 0.462 bits per heavy atom. The molecule has 0 saturated carbocycles. The SMILES string of the molecule is O=C(O)c1cc2c(cc1C(=O)O)-c1nc-2nc2[n-]c(nc3nc(nc4[n-]c(n1)c1cc(C(=O)O)c(C(=O)O)cc41)-c1cc(C(=O)O)c(C(=O)O)cc1-3)c1cc(C(=O)O)c(C(=O)O)cc21.[Fe]. The summed E-state index contributed by atoms with van der Waals surface area (Å²) in [5.74, 6) is -15.2. The Balaban J connectivity index is 0.00000576. The zero-order valence-electron chi connectivity index (χ0n) is 31.4. The average Bonchev–Trinajstić information content (AvgIpc) is 3.96. The molecule has 322 valence electrons. The molecule has 8 N–H and O–H groups in total. The first-order valence-electron chi connectivity index (χ1n) is 17.6. The zero-order chi connectivity index (χ0) is 45.8. The van der Waals surface area contributed by atoms with Crippen molar-refractivity contribution in [3.63, 3.8) is 0 Å². The Morgan fingerprint density at radius 3 is 0.631 bits per heavy atom. The summed E-state index contributed by atoms with van der Waals surface area (Å²) < 4.78 is 0. The molecule has 7 aromatic rings. The quantitative estimate of drug-likeness (QED) is 0.101. The van der Waals surface area contributed by atoms with Gasteiger partial charge >= 0.3 is 47.8 Å². The molecule has 0 fully saturated rings. The van der Waals surface area contributed by atoms with Crippen LogP contribution in [0.3, 0.4) is 0 Å². The van der Waals surface area contributed by atoms with Crippen molar-refractivity contribution in [3.8, 4) is 45.6 Å². The molecule has 0 unspecified atom stereocenters. The van der Waals surface area contributed by atoms with Crippen LogP contribution in [-0.4, -0.2) is 119 Å². The van der Waals surface area contributed by atoms with E-state index >= 15 is 0 Å². The molecule has 5 heterocycles. The van der Waals surface area contributed by atoms with E-state index in [-0.39, 0.29) is 60.9 Å². The van der Waals surface area contributed by atoms with Crippen LogP contribution in [0.2, 0.25) is 0 Å². The monoisotopic (exact) mass is 920 g/mol. The van der Waals surface area contributed by atoms with E-state index in [1.54, 1.807) is 0 Å². The normalized spacial score (nSPS) is 11.3. The smallest absolute Gasteiger partial charge is 0.336 e. The number of hydrogen-bond acceptors (Lipinski definition) is 14. The largest absolute Gasteiger partial charge is 0.478 e. The van der Waals surface area contributed by atoms with Gasteiger partial charge in [0, 0.05) is 61.9 Å². The van der Waals surface area contributed by atoms with Gasteiger partial charge in [-0.2, -0.15) is 0 Å². The summed E-state index contributed by atoms with van der Waals surface area (Å²) in [6.45, 7) is 0. The van der Waals surface area contributed by atoms with Gasteiger partial charge < -0.3 is 70.8 Å². The molecule has 8 bridgehead atoms. The van der Waals surface area contributed by atoms with Gasteiger partial charge in [0.15, 0.2) is 0 Å². The van der Waals surface area contributed by atoms with E-state index in [9.17, 15) is 79.2 Å². The third kappa shape index (κ3) is 6.64. The second-order valence-electron chi connectivity index (χ2n) is 13.7. The fourth-order valence-corrected chi connectivity index (χ4v) is 7.26. The third-order valence-electron chi connectivity index (χ3n) is 10.1. The van der Waals surface area contributed by atoms with Crippen LogP contribution in [0.15, 0.2) is 48.5 Å². The van der Waals surface area contributed by atoms with Crippen LogP contribution in [0.4, 0.5) is 0 Å². The third-order valence-corrected chi connectivity index (χ3v) is 10.1. The maximum absolute atomic E-state index is 12.3. The van der Waals surface area contributed by atoms with Gasteiger partial charge in [0.1, 0.15) is 0 Å². The standard InChI is InChI=1S/C40H18N8O16.Fe/c49-33(50)17-1-9-10(2-18(17)34(51)52)26-41-25(9)45-27-11-3-19(35(53)54)20(36(55)56)4-12(11)29(42-27)47-31-15-7-23(39(61)62)24(40(63)64)8-16(15)32(44-31)48-30-14-6-22(38(59)60)21(37(57)58)5-13(14)28(43-30)46-26;/h1-8H,(H10,41,42,43,44,45,46,47,48,49,50,51,52,53,54,55,56,57,58,59,60,61,62,63,64);/p-2. The molecule has 9 rings (SSSR count). The predicted octanol–water partition coefficient (Wildman–Crippen LogP) is 3.71. The molecule has 25 heteroatoms. The van der Waals surface area contributed by atoms with E-state index in [4.69, 9.17) is 0 Å². The molecule has 24 nitrogen and oxygen atoms in total. The Hall–Kier alpha value is -9.48. The first-order chi connectivity index (χ1) is 30.3. The summed E-state index contributed by atoms with van der Waals surface area (Å²) in [7, 11) is 0. The first kappa shape index (κ1) is 42.2. The first-order valence-corrected chi connectivity index (χ1v) is 17.6. The number of fused-ring (bicyclic) bond motifs is 20. The molecule has 0 atom stereocenters. The molecule has 0 radical (unpaired) electrons. The van der Waals surface area contributed by atoms with Gasteiger partial charge in [-0.15, -0.1) is 0 Å². The van der Waals surface area contributed by atoms with Gasteiger partial charge in [-0.1, -0.05) is 0 Å². The van der Waals surface area contributed by atoms with Crippen molar-refractivity contribution in [1.29, 1.82) is 0 Å². The van der Waals surface area contributed by atoms with Gasteiger partial charge in [-0.25, -0.2) is 48.3 Å². The number of nitrogens with zero attached hydrogens (tertiary/aromatic N) is 8. The summed E-state index contributed by atoms with van der Waals surface area (Å²) >= 11 is 0. The van der Waals surface area contributed by atoms with Crippen molar-refractivity contribution in [1.82, 2.24) is 39.9 Å². The number of carboxylic acid groups (broad SMARTS) is 8. The summed E-state index contributed by atoms with van der Waals surface area (Å²) in [6.07, 6.45) is 0. The zero-order valence-corrected chi connectivity index (χ0v) is 32.5. The summed E-state index contributed by atoms with van der Waals surface area (Å²) in [5, 5.41) is 79.3. The van der Waals surface area contributed by atoms with Crippen LogP contribution in [0.25, 0.3) is 89.7 Å².